The first-order valence-electron chi connectivity index (χ1n) is 8.95. The highest BCUT2D eigenvalue weighted by Crippen LogP contribution is 2.30. The summed E-state index contributed by atoms with van der Waals surface area (Å²) in [6.45, 7) is 1.99. The van der Waals surface area contributed by atoms with Crippen LogP contribution in [0.5, 0.6) is 17.2 Å². The van der Waals surface area contributed by atoms with E-state index in [1.165, 1.54) is 0 Å². The van der Waals surface area contributed by atoms with Crippen LogP contribution in [-0.2, 0) is 4.79 Å². The zero-order valence-corrected chi connectivity index (χ0v) is 15.6. The van der Waals surface area contributed by atoms with Crippen LogP contribution in [0.25, 0.3) is 10.8 Å². The summed E-state index contributed by atoms with van der Waals surface area (Å²) < 4.78 is 16.5. The molecule has 142 valence electrons. The van der Waals surface area contributed by atoms with Gasteiger partial charge in [-0.25, -0.2) is 5.43 Å². The van der Waals surface area contributed by atoms with Crippen LogP contribution in [0.2, 0.25) is 0 Å². The predicted octanol–water partition coefficient (Wildman–Crippen LogP) is 3.53. The normalized spacial score (nSPS) is 15.9. The van der Waals surface area contributed by atoms with Gasteiger partial charge in [0.15, 0.2) is 11.5 Å². The average molecular weight is 376 g/mol. The maximum atomic E-state index is 12.4. The van der Waals surface area contributed by atoms with E-state index in [2.05, 4.69) is 10.5 Å². The molecule has 1 aliphatic rings. The van der Waals surface area contributed by atoms with Gasteiger partial charge in [0, 0.05) is 0 Å². The smallest absolute Gasteiger partial charge is 0.284 e. The molecule has 0 aromatic heterocycles. The van der Waals surface area contributed by atoms with Gasteiger partial charge in [0.25, 0.3) is 5.91 Å². The van der Waals surface area contributed by atoms with E-state index in [9.17, 15) is 4.79 Å². The van der Waals surface area contributed by atoms with Gasteiger partial charge < -0.3 is 14.2 Å². The van der Waals surface area contributed by atoms with E-state index >= 15 is 0 Å². The fraction of sp³-hybridized carbons (Fsp3) is 0.182. The third-order valence-corrected chi connectivity index (χ3v) is 4.60. The standard InChI is InChI=1S/C22H20N2O4/c1-14(15-7-8-17-12-18(26-2)10-9-16(17)11-15)23-24-22(25)21-13-27-19-5-3-4-6-20(19)28-21/h3-12,21H,13H2,1-2H3,(H,24,25)/b23-14+. The minimum atomic E-state index is -0.740. The van der Waals surface area contributed by atoms with Crippen molar-refractivity contribution in [2.75, 3.05) is 13.7 Å². The third kappa shape index (κ3) is 3.62. The van der Waals surface area contributed by atoms with Gasteiger partial charge in [-0.15, -0.1) is 0 Å². The molecule has 0 radical (unpaired) electrons. The minimum absolute atomic E-state index is 0.148. The fourth-order valence-corrected chi connectivity index (χ4v) is 3.00. The minimum Gasteiger partial charge on any atom is -0.497 e. The summed E-state index contributed by atoms with van der Waals surface area (Å²) in [6, 6.07) is 19.1. The van der Waals surface area contributed by atoms with Crippen LogP contribution in [0.1, 0.15) is 12.5 Å². The number of rotatable bonds is 4. The predicted molar refractivity (Wildman–Crippen MR) is 107 cm³/mol. The first kappa shape index (κ1) is 17.9. The number of carbonyl (C=O) groups is 1. The van der Waals surface area contributed by atoms with Crippen molar-refractivity contribution in [3.63, 3.8) is 0 Å². The summed E-state index contributed by atoms with van der Waals surface area (Å²) in [4.78, 5) is 12.4. The molecule has 0 fully saturated rings. The van der Waals surface area contributed by atoms with Gasteiger partial charge in [0.2, 0.25) is 6.10 Å². The van der Waals surface area contributed by atoms with Crippen LogP contribution in [0.15, 0.2) is 65.8 Å². The Morgan fingerprint density at radius 1 is 1.07 bits per heavy atom. The molecular weight excluding hydrogens is 356 g/mol. The zero-order chi connectivity index (χ0) is 19.5. The van der Waals surface area contributed by atoms with Crippen molar-refractivity contribution in [2.24, 2.45) is 5.10 Å². The van der Waals surface area contributed by atoms with E-state index < -0.39 is 6.10 Å². The molecule has 1 amide bonds. The molecule has 1 atom stereocenters. The maximum Gasteiger partial charge on any atom is 0.284 e. The number of carbonyl (C=O) groups excluding carboxylic acids is 1. The zero-order valence-electron chi connectivity index (χ0n) is 15.6. The van der Waals surface area contributed by atoms with Crippen molar-refractivity contribution in [3.05, 3.63) is 66.2 Å². The van der Waals surface area contributed by atoms with E-state index in [0.29, 0.717) is 17.2 Å². The van der Waals surface area contributed by atoms with Gasteiger partial charge in [0.1, 0.15) is 12.4 Å². The molecule has 3 aromatic carbocycles. The molecule has 0 saturated heterocycles. The van der Waals surface area contributed by atoms with Crippen LogP contribution in [-0.4, -0.2) is 31.4 Å². The van der Waals surface area contributed by atoms with Gasteiger partial charge in [-0.1, -0.05) is 30.3 Å². The molecule has 1 N–H and O–H groups in total. The van der Waals surface area contributed by atoms with E-state index in [4.69, 9.17) is 14.2 Å². The van der Waals surface area contributed by atoms with Gasteiger partial charge in [0.05, 0.1) is 12.8 Å². The summed E-state index contributed by atoms with van der Waals surface area (Å²) in [5.74, 6) is 1.66. The number of hydrogen-bond acceptors (Lipinski definition) is 5. The second-order valence-corrected chi connectivity index (χ2v) is 6.47. The number of hydrazone groups is 1. The van der Waals surface area contributed by atoms with Crippen LogP contribution in [0.4, 0.5) is 0 Å². The largest absolute Gasteiger partial charge is 0.497 e. The Balaban J connectivity index is 1.45. The Morgan fingerprint density at radius 2 is 1.82 bits per heavy atom. The van der Waals surface area contributed by atoms with Crippen molar-refractivity contribution in [3.8, 4) is 17.2 Å². The van der Waals surface area contributed by atoms with Crippen molar-refractivity contribution in [1.82, 2.24) is 5.43 Å². The lowest BCUT2D eigenvalue weighted by Gasteiger charge is -2.24. The number of fused-ring (bicyclic) bond motifs is 2. The highest BCUT2D eigenvalue weighted by Gasteiger charge is 2.27. The number of methoxy groups -OCH3 is 1. The van der Waals surface area contributed by atoms with Crippen LogP contribution < -0.4 is 19.6 Å². The summed E-state index contributed by atoms with van der Waals surface area (Å²) in [5, 5.41) is 6.37. The monoisotopic (exact) mass is 376 g/mol. The maximum absolute atomic E-state index is 12.4. The molecule has 0 bridgehead atoms. The summed E-state index contributed by atoms with van der Waals surface area (Å²) in [7, 11) is 1.65. The number of nitrogens with zero attached hydrogens (tertiary/aromatic N) is 1. The van der Waals surface area contributed by atoms with E-state index in [1.54, 1.807) is 19.2 Å². The van der Waals surface area contributed by atoms with E-state index in [-0.39, 0.29) is 12.5 Å². The highest BCUT2D eigenvalue weighted by atomic mass is 16.6. The summed E-state index contributed by atoms with van der Waals surface area (Å²) in [5.41, 5.74) is 4.19. The van der Waals surface area contributed by atoms with E-state index in [1.807, 2.05) is 55.5 Å². The fourth-order valence-electron chi connectivity index (χ4n) is 3.00. The SMILES string of the molecule is COc1ccc2cc(/C(C)=N/NC(=O)C3COc4ccccc4O3)ccc2c1. The van der Waals surface area contributed by atoms with Crippen molar-refractivity contribution < 1.29 is 19.0 Å². The van der Waals surface area contributed by atoms with Gasteiger partial charge in [-0.3, -0.25) is 4.79 Å². The quantitative estimate of drug-likeness (QED) is 0.559. The molecule has 3 aromatic rings. The topological polar surface area (TPSA) is 69.2 Å². The number of ether oxygens (including phenoxy) is 3. The molecule has 6 nitrogen and oxygen atoms in total. The summed E-state index contributed by atoms with van der Waals surface area (Å²) in [6.07, 6.45) is -0.740. The van der Waals surface area contributed by atoms with Crippen molar-refractivity contribution >= 4 is 22.4 Å². The lowest BCUT2D eigenvalue weighted by atomic mass is 10.0. The molecule has 28 heavy (non-hydrogen) atoms. The number of hydrogen-bond donors (Lipinski definition) is 1. The van der Waals surface area contributed by atoms with Crippen LogP contribution in [0, 0.1) is 0 Å². The molecular formula is C22H20N2O4. The Hall–Kier alpha value is -3.54. The molecule has 4 rings (SSSR count). The van der Waals surface area contributed by atoms with Crippen LogP contribution >= 0.6 is 0 Å². The molecule has 6 heteroatoms. The Bertz CT molecular complexity index is 1060. The Labute approximate surface area is 162 Å². The summed E-state index contributed by atoms with van der Waals surface area (Å²) >= 11 is 0. The van der Waals surface area contributed by atoms with Gasteiger partial charge in [-0.05, 0) is 53.6 Å². The van der Waals surface area contributed by atoms with Gasteiger partial charge in [-0.2, -0.15) is 5.10 Å². The van der Waals surface area contributed by atoms with Gasteiger partial charge >= 0.3 is 0 Å². The Morgan fingerprint density at radius 3 is 2.64 bits per heavy atom. The third-order valence-electron chi connectivity index (χ3n) is 4.60. The average Bonchev–Trinajstić information content (AvgIpc) is 2.76. The van der Waals surface area contributed by atoms with Crippen LogP contribution in [0.3, 0.4) is 0 Å². The lowest BCUT2D eigenvalue weighted by molar-refractivity contribution is -0.130. The molecule has 1 aliphatic heterocycles. The number of benzene rings is 3. The Kier molecular flexibility index (Phi) is 4.85. The number of para-hydroxylation sites is 2. The second kappa shape index (κ2) is 7.60. The first-order chi connectivity index (χ1) is 13.6. The molecule has 1 heterocycles. The number of amides is 1. The van der Waals surface area contributed by atoms with E-state index in [0.717, 1.165) is 22.1 Å². The second-order valence-electron chi connectivity index (χ2n) is 6.47. The molecule has 1 unspecified atom stereocenters. The van der Waals surface area contributed by atoms with Crippen molar-refractivity contribution in [2.45, 2.75) is 13.0 Å². The molecule has 0 saturated carbocycles. The number of nitrogens with one attached hydrogen (secondary N) is 1. The highest BCUT2D eigenvalue weighted by molar-refractivity contribution is 6.02. The van der Waals surface area contributed by atoms with Crippen molar-refractivity contribution in [1.29, 1.82) is 0 Å². The lowest BCUT2D eigenvalue weighted by Crippen LogP contribution is -2.42. The first-order valence-corrected chi connectivity index (χ1v) is 8.95. The molecule has 0 spiro atoms. The molecule has 0 aliphatic carbocycles.